The van der Waals surface area contributed by atoms with E-state index in [-0.39, 0.29) is 17.5 Å². The molecule has 0 unspecified atom stereocenters. The van der Waals surface area contributed by atoms with Crippen molar-refractivity contribution in [2.24, 2.45) is 0 Å². The maximum Gasteiger partial charge on any atom is 0.335 e. The summed E-state index contributed by atoms with van der Waals surface area (Å²) in [6, 6.07) is 27.7. The third kappa shape index (κ3) is 4.90. The van der Waals surface area contributed by atoms with Crippen LogP contribution in [-0.4, -0.2) is 36.3 Å². The Morgan fingerprint density at radius 1 is 0.900 bits per heavy atom. The van der Waals surface area contributed by atoms with E-state index in [1.807, 2.05) is 78.1 Å². The molecule has 0 saturated carbocycles. The first-order valence-electron chi connectivity index (χ1n) is 12.9. The van der Waals surface area contributed by atoms with Crippen molar-refractivity contribution in [1.82, 2.24) is 24.7 Å². The number of aromatic carboxylic acids is 1. The quantitative estimate of drug-likeness (QED) is 0.275. The van der Waals surface area contributed by atoms with Crippen LogP contribution in [0.15, 0.2) is 103 Å². The molecule has 40 heavy (non-hydrogen) atoms. The number of carbonyl (C=O) groups is 2. The Morgan fingerprint density at radius 2 is 1.70 bits per heavy atom. The normalized spacial score (nSPS) is 11.9. The van der Waals surface area contributed by atoms with Crippen molar-refractivity contribution in [3.63, 3.8) is 0 Å². The number of amides is 1. The predicted octanol–water partition coefficient (Wildman–Crippen LogP) is 5.72. The molecule has 0 bridgehead atoms. The molecule has 0 aliphatic rings. The van der Waals surface area contributed by atoms with E-state index >= 15 is 0 Å². The van der Waals surface area contributed by atoms with Gasteiger partial charge in [0.1, 0.15) is 11.5 Å². The van der Waals surface area contributed by atoms with Crippen LogP contribution in [0.4, 0.5) is 0 Å². The lowest BCUT2D eigenvalue weighted by atomic mass is 10.0. The van der Waals surface area contributed by atoms with Crippen molar-refractivity contribution in [2.75, 3.05) is 0 Å². The van der Waals surface area contributed by atoms with E-state index < -0.39 is 5.97 Å². The molecule has 0 fully saturated rings. The average Bonchev–Trinajstić information content (AvgIpc) is 3.39. The zero-order chi connectivity index (χ0) is 27.6. The second kappa shape index (κ2) is 10.4. The molecule has 0 aliphatic heterocycles. The zero-order valence-corrected chi connectivity index (χ0v) is 21.7. The Kier molecular flexibility index (Phi) is 6.49. The highest BCUT2D eigenvalue weighted by Crippen LogP contribution is 2.26. The summed E-state index contributed by atoms with van der Waals surface area (Å²) in [7, 11) is 0. The van der Waals surface area contributed by atoms with Gasteiger partial charge in [-0.2, -0.15) is 0 Å². The number of nitrogens with zero attached hydrogens (tertiary/aromatic N) is 4. The van der Waals surface area contributed by atoms with Crippen LogP contribution < -0.4 is 5.32 Å². The summed E-state index contributed by atoms with van der Waals surface area (Å²) in [5, 5.41) is 13.2. The van der Waals surface area contributed by atoms with Gasteiger partial charge in [-0.15, -0.1) is 0 Å². The van der Waals surface area contributed by atoms with E-state index in [0.717, 1.165) is 33.3 Å². The molecule has 8 heteroatoms. The predicted molar refractivity (Wildman–Crippen MR) is 152 cm³/mol. The fraction of sp³-hybridized carbons (Fsp3) is 0.0938. The number of hydrogen-bond acceptors (Lipinski definition) is 5. The molecule has 6 aromatic rings. The van der Waals surface area contributed by atoms with Crippen LogP contribution in [-0.2, 0) is 6.42 Å². The Hall–Kier alpha value is -5.37. The third-order valence-corrected chi connectivity index (χ3v) is 6.90. The second-order valence-electron chi connectivity index (χ2n) is 9.58. The maximum atomic E-state index is 13.8. The Balaban J connectivity index is 1.39. The van der Waals surface area contributed by atoms with Crippen LogP contribution in [0.5, 0.6) is 0 Å². The SMILES string of the molecule is C[C@H](NC(=O)c1cc(-c2ccccc2)cc2cnc(Cc3ccc4cccnc4n3)n12)c1ccc(C(=O)O)cc1. The minimum atomic E-state index is -0.993. The van der Waals surface area contributed by atoms with E-state index in [1.165, 1.54) is 12.1 Å². The zero-order valence-electron chi connectivity index (χ0n) is 21.7. The van der Waals surface area contributed by atoms with Gasteiger partial charge in [-0.3, -0.25) is 9.20 Å². The molecule has 0 radical (unpaired) electrons. The molecule has 2 N–H and O–H groups in total. The smallest absolute Gasteiger partial charge is 0.335 e. The van der Waals surface area contributed by atoms with Crippen LogP contribution in [0.2, 0.25) is 0 Å². The summed E-state index contributed by atoms with van der Waals surface area (Å²) < 4.78 is 1.87. The second-order valence-corrected chi connectivity index (χ2v) is 9.58. The number of fused-ring (bicyclic) bond motifs is 2. The first kappa shape index (κ1) is 24.9. The minimum Gasteiger partial charge on any atom is -0.478 e. The van der Waals surface area contributed by atoms with Gasteiger partial charge in [0.15, 0.2) is 5.65 Å². The Labute approximate surface area is 230 Å². The highest BCUT2D eigenvalue weighted by molar-refractivity contribution is 5.95. The van der Waals surface area contributed by atoms with Gasteiger partial charge in [-0.1, -0.05) is 42.5 Å². The molecule has 6 rings (SSSR count). The number of nitrogens with one attached hydrogen (secondary N) is 1. The third-order valence-electron chi connectivity index (χ3n) is 6.90. The Morgan fingerprint density at radius 3 is 2.48 bits per heavy atom. The fourth-order valence-corrected chi connectivity index (χ4v) is 4.81. The molecular weight excluding hydrogens is 502 g/mol. The molecule has 1 amide bonds. The van der Waals surface area contributed by atoms with E-state index in [9.17, 15) is 14.7 Å². The number of pyridine rings is 3. The molecule has 4 heterocycles. The van der Waals surface area contributed by atoms with Gasteiger partial charge >= 0.3 is 5.97 Å². The number of carboxylic acids is 1. The van der Waals surface area contributed by atoms with E-state index in [2.05, 4.69) is 15.3 Å². The lowest BCUT2D eigenvalue weighted by molar-refractivity contribution is 0.0696. The summed E-state index contributed by atoms with van der Waals surface area (Å²) in [5.41, 5.74) is 5.57. The summed E-state index contributed by atoms with van der Waals surface area (Å²) in [6.07, 6.45) is 3.90. The van der Waals surface area contributed by atoms with Gasteiger partial charge < -0.3 is 10.4 Å². The number of imidazole rings is 1. The van der Waals surface area contributed by atoms with Crippen molar-refractivity contribution >= 4 is 28.4 Å². The van der Waals surface area contributed by atoms with Crippen LogP contribution in [0.1, 0.15) is 50.9 Å². The van der Waals surface area contributed by atoms with Crippen LogP contribution in [0.25, 0.3) is 27.7 Å². The van der Waals surface area contributed by atoms with Crippen molar-refractivity contribution in [3.8, 4) is 11.1 Å². The first-order chi connectivity index (χ1) is 19.5. The van der Waals surface area contributed by atoms with Crippen molar-refractivity contribution in [1.29, 1.82) is 0 Å². The number of carbonyl (C=O) groups excluding carboxylic acids is 1. The molecule has 196 valence electrons. The van der Waals surface area contributed by atoms with Crippen molar-refractivity contribution in [2.45, 2.75) is 19.4 Å². The van der Waals surface area contributed by atoms with Gasteiger partial charge in [-0.05, 0) is 72.1 Å². The highest BCUT2D eigenvalue weighted by Gasteiger charge is 2.20. The molecule has 8 nitrogen and oxygen atoms in total. The summed E-state index contributed by atoms with van der Waals surface area (Å²) in [4.78, 5) is 38.8. The molecule has 0 saturated heterocycles. The van der Waals surface area contributed by atoms with E-state index in [4.69, 9.17) is 4.98 Å². The lowest BCUT2D eigenvalue weighted by Gasteiger charge is -2.17. The maximum absolute atomic E-state index is 13.8. The molecule has 0 aliphatic carbocycles. The van der Waals surface area contributed by atoms with E-state index in [0.29, 0.717) is 23.6 Å². The summed E-state index contributed by atoms with van der Waals surface area (Å²) >= 11 is 0. The number of rotatable bonds is 7. The highest BCUT2D eigenvalue weighted by atomic mass is 16.4. The van der Waals surface area contributed by atoms with Gasteiger partial charge in [-0.25, -0.2) is 19.7 Å². The topological polar surface area (TPSA) is 109 Å². The molecule has 0 spiro atoms. The van der Waals surface area contributed by atoms with Crippen molar-refractivity contribution in [3.05, 3.63) is 132 Å². The van der Waals surface area contributed by atoms with Gasteiger partial charge in [0.25, 0.3) is 5.91 Å². The van der Waals surface area contributed by atoms with Gasteiger partial charge in [0, 0.05) is 18.0 Å². The summed E-state index contributed by atoms with van der Waals surface area (Å²) in [6.45, 7) is 1.87. The largest absolute Gasteiger partial charge is 0.478 e. The minimum absolute atomic E-state index is 0.195. The summed E-state index contributed by atoms with van der Waals surface area (Å²) in [5.74, 6) is -0.585. The molecular formula is C32H25N5O3. The molecule has 2 aromatic carbocycles. The number of carboxylic acid groups (broad SMARTS) is 1. The first-order valence-corrected chi connectivity index (χ1v) is 12.9. The lowest BCUT2D eigenvalue weighted by Crippen LogP contribution is -2.28. The monoisotopic (exact) mass is 527 g/mol. The van der Waals surface area contributed by atoms with Crippen LogP contribution in [0, 0.1) is 0 Å². The Bertz CT molecular complexity index is 1860. The molecule has 1 atom stereocenters. The fourth-order valence-electron chi connectivity index (χ4n) is 4.81. The van der Waals surface area contributed by atoms with Gasteiger partial charge in [0.2, 0.25) is 0 Å². The van der Waals surface area contributed by atoms with Crippen molar-refractivity contribution < 1.29 is 14.7 Å². The number of hydrogen-bond donors (Lipinski definition) is 2. The van der Waals surface area contributed by atoms with Crippen LogP contribution in [0.3, 0.4) is 0 Å². The van der Waals surface area contributed by atoms with Gasteiger partial charge in [0.05, 0.1) is 29.0 Å². The number of aromatic nitrogens is 4. The molecule has 4 aromatic heterocycles. The standard InChI is InChI=1S/C32H25N5O3/c1-20(21-9-11-24(12-10-21)32(39)40)35-31(38)28-17-25(22-6-3-2-4-7-22)16-27-19-34-29(37(27)28)18-26-14-13-23-8-5-15-33-30(23)36-26/h2-17,19-20H,18H2,1H3,(H,35,38)(H,39,40)/t20-/m0/s1. The average molecular weight is 528 g/mol. The van der Waals surface area contributed by atoms with E-state index in [1.54, 1.807) is 24.5 Å². The number of benzene rings is 2. The van der Waals surface area contributed by atoms with Crippen LogP contribution >= 0.6 is 0 Å².